The number of carbonyl (C=O) groups is 2. The van der Waals surface area contributed by atoms with E-state index in [-0.39, 0.29) is 6.61 Å². The highest BCUT2D eigenvalue weighted by Crippen LogP contribution is 2.33. The maximum Gasteiger partial charge on any atom is 0.338 e. The van der Waals surface area contributed by atoms with Crippen molar-refractivity contribution in [1.82, 2.24) is 4.98 Å². The minimum absolute atomic E-state index is 0.0419. The van der Waals surface area contributed by atoms with Gasteiger partial charge in [-0.15, -0.1) is 11.3 Å². The quantitative estimate of drug-likeness (QED) is 0.613. The molecule has 0 radical (unpaired) electrons. The van der Waals surface area contributed by atoms with Crippen LogP contribution in [0.4, 0.5) is 0 Å². The number of hydrogen-bond acceptors (Lipinski definition) is 7. The number of primary amides is 1. The van der Waals surface area contributed by atoms with Crippen LogP contribution in [0, 0.1) is 0 Å². The number of carbonyl (C=O) groups excluding carboxylic acids is 2. The van der Waals surface area contributed by atoms with Crippen molar-refractivity contribution in [2.45, 2.75) is 6.61 Å². The van der Waals surface area contributed by atoms with Crippen molar-refractivity contribution in [3.05, 3.63) is 64.7 Å². The van der Waals surface area contributed by atoms with E-state index in [2.05, 4.69) is 4.98 Å². The fraction of sp³-hybridized carbons (Fsp3) is 0.150. The van der Waals surface area contributed by atoms with Gasteiger partial charge in [-0.05, 0) is 42.5 Å². The highest BCUT2D eigenvalue weighted by molar-refractivity contribution is 7.13. The van der Waals surface area contributed by atoms with Gasteiger partial charge in [0.2, 0.25) is 5.91 Å². The normalized spacial score (nSPS) is 10.4. The second-order valence-corrected chi connectivity index (χ2v) is 6.59. The number of amides is 1. The first-order valence-corrected chi connectivity index (χ1v) is 9.13. The van der Waals surface area contributed by atoms with Crippen molar-refractivity contribution in [2.75, 3.05) is 14.2 Å². The molecule has 3 aromatic rings. The van der Waals surface area contributed by atoms with E-state index < -0.39 is 11.9 Å². The van der Waals surface area contributed by atoms with Crippen LogP contribution in [-0.2, 0) is 11.3 Å². The minimum atomic E-state index is -0.551. The van der Waals surface area contributed by atoms with Crippen molar-refractivity contribution < 1.29 is 23.8 Å². The molecule has 28 heavy (non-hydrogen) atoms. The molecule has 0 aliphatic heterocycles. The number of nitrogens with zero attached hydrogens (tertiary/aromatic N) is 1. The predicted octanol–water partition coefficient (Wildman–Crippen LogP) is 3.28. The van der Waals surface area contributed by atoms with Crippen molar-refractivity contribution in [3.8, 4) is 22.1 Å². The number of methoxy groups -OCH3 is 2. The van der Waals surface area contributed by atoms with Gasteiger partial charge >= 0.3 is 5.97 Å². The second kappa shape index (κ2) is 8.53. The number of nitrogens with two attached hydrogens (primary N) is 1. The van der Waals surface area contributed by atoms with Crippen LogP contribution in [0.5, 0.6) is 11.5 Å². The van der Waals surface area contributed by atoms with Crippen molar-refractivity contribution in [1.29, 1.82) is 0 Å². The standard InChI is InChI=1S/C20H18N2O5S/c1-25-16-8-7-14(9-17(16)26-2)19-22-15(11-28-19)10-27-20(24)13-5-3-12(4-6-13)18(21)23/h3-9,11H,10H2,1-2H3,(H2,21,23). The van der Waals surface area contributed by atoms with Crippen LogP contribution < -0.4 is 15.2 Å². The molecule has 1 aromatic heterocycles. The largest absolute Gasteiger partial charge is 0.493 e. The predicted molar refractivity (Wildman–Crippen MR) is 105 cm³/mol. The average molecular weight is 398 g/mol. The maximum absolute atomic E-state index is 12.1. The number of aromatic nitrogens is 1. The summed E-state index contributed by atoms with van der Waals surface area (Å²) >= 11 is 1.44. The molecule has 2 N–H and O–H groups in total. The molecule has 0 saturated carbocycles. The van der Waals surface area contributed by atoms with E-state index in [1.165, 1.54) is 35.6 Å². The van der Waals surface area contributed by atoms with Gasteiger partial charge in [0.25, 0.3) is 0 Å². The van der Waals surface area contributed by atoms with Gasteiger partial charge in [0, 0.05) is 16.5 Å². The summed E-state index contributed by atoms with van der Waals surface area (Å²) in [5.74, 6) is 0.198. The SMILES string of the molecule is COc1ccc(-c2nc(COC(=O)c3ccc(C(N)=O)cc3)cs2)cc1OC. The Morgan fingerprint density at radius 3 is 2.32 bits per heavy atom. The van der Waals surface area contributed by atoms with Gasteiger partial charge in [-0.25, -0.2) is 9.78 Å². The number of esters is 1. The Kier molecular flexibility index (Phi) is 5.90. The average Bonchev–Trinajstić information content (AvgIpc) is 3.20. The Hall–Kier alpha value is -3.39. The van der Waals surface area contributed by atoms with E-state index in [9.17, 15) is 9.59 Å². The first kappa shape index (κ1) is 19.4. The molecule has 8 heteroatoms. The van der Waals surface area contributed by atoms with E-state index in [0.29, 0.717) is 28.3 Å². The molecule has 1 amide bonds. The Morgan fingerprint density at radius 1 is 1.00 bits per heavy atom. The summed E-state index contributed by atoms with van der Waals surface area (Å²) < 4.78 is 15.8. The second-order valence-electron chi connectivity index (χ2n) is 5.73. The summed E-state index contributed by atoms with van der Waals surface area (Å²) in [6.07, 6.45) is 0. The van der Waals surface area contributed by atoms with Gasteiger partial charge in [0.05, 0.1) is 25.5 Å². The molecule has 3 rings (SSSR count). The lowest BCUT2D eigenvalue weighted by Gasteiger charge is -2.08. The van der Waals surface area contributed by atoms with E-state index in [0.717, 1.165) is 10.6 Å². The Labute approximate surface area is 165 Å². The lowest BCUT2D eigenvalue weighted by atomic mass is 10.1. The molecule has 1 heterocycles. The zero-order valence-electron chi connectivity index (χ0n) is 15.3. The molecule has 0 atom stereocenters. The third-order valence-corrected chi connectivity index (χ3v) is 4.88. The molecule has 0 spiro atoms. The van der Waals surface area contributed by atoms with Crippen LogP contribution in [-0.4, -0.2) is 31.1 Å². The fourth-order valence-electron chi connectivity index (χ4n) is 2.47. The van der Waals surface area contributed by atoms with Gasteiger partial charge in [0.1, 0.15) is 11.6 Å². The molecule has 0 bridgehead atoms. The third-order valence-electron chi connectivity index (χ3n) is 3.94. The van der Waals surface area contributed by atoms with Crippen LogP contribution >= 0.6 is 11.3 Å². The van der Waals surface area contributed by atoms with Crippen LogP contribution in [0.2, 0.25) is 0 Å². The highest BCUT2D eigenvalue weighted by atomic mass is 32.1. The Bertz CT molecular complexity index is 998. The van der Waals surface area contributed by atoms with E-state index in [1.54, 1.807) is 14.2 Å². The monoisotopic (exact) mass is 398 g/mol. The van der Waals surface area contributed by atoms with E-state index in [1.807, 2.05) is 23.6 Å². The number of ether oxygens (including phenoxy) is 3. The lowest BCUT2D eigenvalue weighted by molar-refractivity contribution is 0.0468. The molecule has 7 nitrogen and oxygen atoms in total. The van der Waals surface area contributed by atoms with Gasteiger partial charge in [-0.1, -0.05) is 0 Å². The molecular weight excluding hydrogens is 380 g/mol. The van der Waals surface area contributed by atoms with Crippen LogP contribution in [0.3, 0.4) is 0 Å². The minimum Gasteiger partial charge on any atom is -0.493 e. The summed E-state index contributed by atoms with van der Waals surface area (Å²) in [6, 6.07) is 11.5. The fourth-order valence-corrected chi connectivity index (χ4v) is 3.27. The number of benzene rings is 2. The number of hydrogen-bond donors (Lipinski definition) is 1. The van der Waals surface area contributed by atoms with Gasteiger partial charge in [0.15, 0.2) is 11.5 Å². The summed E-state index contributed by atoms with van der Waals surface area (Å²) in [6.45, 7) is 0.0419. The van der Waals surface area contributed by atoms with Crippen molar-refractivity contribution in [3.63, 3.8) is 0 Å². The molecule has 0 aliphatic rings. The topological polar surface area (TPSA) is 101 Å². The number of thiazole rings is 1. The number of rotatable bonds is 7. The zero-order valence-corrected chi connectivity index (χ0v) is 16.1. The molecule has 0 aliphatic carbocycles. The highest BCUT2D eigenvalue weighted by Gasteiger charge is 2.12. The Balaban J connectivity index is 1.66. The van der Waals surface area contributed by atoms with Crippen LogP contribution in [0.15, 0.2) is 47.8 Å². The van der Waals surface area contributed by atoms with Gasteiger partial charge in [-0.3, -0.25) is 4.79 Å². The van der Waals surface area contributed by atoms with Crippen LogP contribution in [0.25, 0.3) is 10.6 Å². The Morgan fingerprint density at radius 2 is 1.68 bits per heavy atom. The molecule has 0 unspecified atom stereocenters. The molecule has 0 fully saturated rings. The summed E-state index contributed by atoms with van der Waals surface area (Å²) in [4.78, 5) is 27.7. The molecule has 144 valence electrons. The first-order valence-electron chi connectivity index (χ1n) is 8.25. The van der Waals surface area contributed by atoms with E-state index >= 15 is 0 Å². The first-order chi connectivity index (χ1) is 13.5. The lowest BCUT2D eigenvalue weighted by Crippen LogP contribution is -2.11. The molecule has 0 saturated heterocycles. The van der Waals surface area contributed by atoms with Gasteiger partial charge in [-0.2, -0.15) is 0 Å². The van der Waals surface area contributed by atoms with Crippen molar-refractivity contribution in [2.24, 2.45) is 5.73 Å². The summed E-state index contributed by atoms with van der Waals surface area (Å²) in [5, 5.41) is 2.60. The van der Waals surface area contributed by atoms with Crippen LogP contribution in [0.1, 0.15) is 26.4 Å². The molecule has 2 aromatic carbocycles. The smallest absolute Gasteiger partial charge is 0.338 e. The van der Waals surface area contributed by atoms with Crippen molar-refractivity contribution >= 4 is 23.2 Å². The summed E-state index contributed by atoms with van der Waals surface area (Å²) in [5.41, 5.74) is 7.36. The summed E-state index contributed by atoms with van der Waals surface area (Å²) in [7, 11) is 3.15. The maximum atomic E-state index is 12.1. The third kappa shape index (κ3) is 4.29. The van der Waals surface area contributed by atoms with Gasteiger partial charge < -0.3 is 19.9 Å². The van der Waals surface area contributed by atoms with E-state index in [4.69, 9.17) is 19.9 Å². The zero-order chi connectivity index (χ0) is 20.1. The molecular formula is C20H18N2O5S.